The SMILES string of the molecule is CCN(CC)C1(C(Cc2cccs2)NC)CCCC1. The van der Waals surface area contributed by atoms with E-state index in [1.54, 1.807) is 0 Å². The Balaban J connectivity index is 2.20. The van der Waals surface area contributed by atoms with E-state index in [-0.39, 0.29) is 0 Å². The highest BCUT2D eigenvalue weighted by Crippen LogP contribution is 2.39. The Bertz CT molecular complexity index is 351. The van der Waals surface area contributed by atoms with Gasteiger partial charge >= 0.3 is 0 Å². The molecule has 3 heteroatoms. The van der Waals surface area contributed by atoms with Crippen LogP contribution in [0.15, 0.2) is 17.5 Å². The van der Waals surface area contributed by atoms with E-state index in [2.05, 4.69) is 48.6 Å². The first kappa shape index (κ1) is 15.0. The van der Waals surface area contributed by atoms with E-state index in [1.807, 2.05) is 11.3 Å². The lowest BCUT2D eigenvalue weighted by atomic mass is 9.83. The van der Waals surface area contributed by atoms with E-state index in [4.69, 9.17) is 0 Å². The van der Waals surface area contributed by atoms with Crippen LogP contribution in [0.2, 0.25) is 0 Å². The summed E-state index contributed by atoms with van der Waals surface area (Å²) < 4.78 is 0. The Morgan fingerprint density at radius 1 is 1.32 bits per heavy atom. The van der Waals surface area contributed by atoms with Crippen LogP contribution in [-0.4, -0.2) is 36.6 Å². The average Bonchev–Trinajstić information content (AvgIpc) is 3.09. The lowest BCUT2D eigenvalue weighted by Crippen LogP contribution is -2.60. The molecule has 1 heterocycles. The third-order valence-electron chi connectivity index (χ3n) is 4.85. The van der Waals surface area contributed by atoms with Crippen LogP contribution in [0.4, 0.5) is 0 Å². The zero-order valence-corrected chi connectivity index (χ0v) is 13.4. The smallest absolute Gasteiger partial charge is 0.0365 e. The van der Waals surface area contributed by atoms with Crippen molar-refractivity contribution in [2.45, 2.75) is 57.5 Å². The first-order chi connectivity index (χ1) is 9.26. The molecule has 2 nitrogen and oxygen atoms in total. The lowest BCUT2D eigenvalue weighted by Gasteiger charge is -2.46. The van der Waals surface area contributed by atoms with Crippen molar-refractivity contribution in [2.75, 3.05) is 20.1 Å². The molecule has 1 aromatic heterocycles. The highest BCUT2D eigenvalue weighted by Gasteiger charge is 2.44. The van der Waals surface area contributed by atoms with Crippen LogP contribution in [0.3, 0.4) is 0 Å². The predicted octanol–water partition coefficient (Wildman–Crippen LogP) is 3.53. The van der Waals surface area contributed by atoms with Gasteiger partial charge in [-0.1, -0.05) is 32.8 Å². The first-order valence-electron chi connectivity index (χ1n) is 7.71. The number of likely N-dealkylation sites (N-methyl/N-ethyl adjacent to an activating group) is 2. The zero-order chi connectivity index (χ0) is 13.7. The summed E-state index contributed by atoms with van der Waals surface area (Å²) in [6.07, 6.45) is 6.65. The zero-order valence-electron chi connectivity index (χ0n) is 12.6. The molecule has 2 rings (SSSR count). The fourth-order valence-electron chi connectivity index (χ4n) is 3.92. The van der Waals surface area contributed by atoms with Crippen molar-refractivity contribution in [3.05, 3.63) is 22.4 Å². The summed E-state index contributed by atoms with van der Waals surface area (Å²) in [6, 6.07) is 5.03. The predicted molar refractivity (Wildman–Crippen MR) is 85.0 cm³/mol. The van der Waals surface area contributed by atoms with Gasteiger partial charge in [-0.05, 0) is 50.8 Å². The summed E-state index contributed by atoms with van der Waals surface area (Å²) in [4.78, 5) is 4.21. The van der Waals surface area contributed by atoms with Gasteiger partial charge in [-0.3, -0.25) is 4.90 Å². The van der Waals surface area contributed by atoms with Gasteiger partial charge in [-0.15, -0.1) is 11.3 Å². The summed E-state index contributed by atoms with van der Waals surface area (Å²) in [5.41, 5.74) is 0.377. The number of nitrogens with one attached hydrogen (secondary N) is 1. The van der Waals surface area contributed by atoms with Crippen molar-refractivity contribution in [1.29, 1.82) is 0 Å². The minimum absolute atomic E-state index is 0.377. The molecule has 0 aromatic carbocycles. The van der Waals surface area contributed by atoms with Gasteiger partial charge in [-0.2, -0.15) is 0 Å². The molecule has 0 radical (unpaired) electrons. The Labute approximate surface area is 122 Å². The summed E-state index contributed by atoms with van der Waals surface area (Å²) >= 11 is 1.89. The number of hydrogen-bond acceptors (Lipinski definition) is 3. The average molecular weight is 280 g/mol. The molecule has 1 aliphatic rings. The van der Waals surface area contributed by atoms with E-state index in [0.29, 0.717) is 11.6 Å². The number of nitrogens with zero attached hydrogens (tertiary/aromatic N) is 1. The number of thiophene rings is 1. The highest BCUT2D eigenvalue weighted by atomic mass is 32.1. The molecule has 19 heavy (non-hydrogen) atoms. The number of hydrogen-bond donors (Lipinski definition) is 1. The summed E-state index contributed by atoms with van der Waals surface area (Å²) in [7, 11) is 2.14. The molecule has 0 amide bonds. The van der Waals surface area contributed by atoms with Crippen LogP contribution in [-0.2, 0) is 6.42 Å². The van der Waals surface area contributed by atoms with Crippen LogP contribution >= 0.6 is 11.3 Å². The van der Waals surface area contributed by atoms with Crippen LogP contribution in [0.5, 0.6) is 0 Å². The molecular formula is C16H28N2S. The minimum atomic E-state index is 0.377. The van der Waals surface area contributed by atoms with E-state index < -0.39 is 0 Å². The molecule has 1 fully saturated rings. The fraction of sp³-hybridized carbons (Fsp3) is 0.750. The summed E-state index contributed by atoms with van der Waals surface area (Å²) in [5.74, 6) is 0. The van der Waals surface area contributed by atoms with Gasteiger partial charge in [0.25, 0.3) is 0 Å². The molecule has 1 N–H and O–H groups in total. The van der Waals surface area contributed by atoms with Crippen molar-refractivity contribution >= 4 is 11.3 Å². The Kier molecular flexibility index (Phi) is 5.43. The molecule has 1 aliphatic carbocycles. The van der Waals surface area contributed by atoms with Crippen molar-refractivity contribution < 1.29 is 0 Å². The van der Waals surface area contributed by atoms with Crippen LogP contribution in [0.1, 0.15) is 44.4 Å². The second-order valence-electron chi connectivity index (χ2n) is 5.61. The minimum Gasteiger partial charge on any atom is -0.315 e. The molecule has 0 bridgehead atoms. The Morgan fingerprint density at radius 3 is 2.47 bits per heavy atom. The molecule has 0 saturated heterocycles. The van der Waals surface area contributed by atoms with Gasteiger partial charge in [0.15, 0.2) is 0 Å². The van der Waals surface area contributed by atoms with Gasteiger partial charge in [0.05, 0.1) is 0 Å². The van der Waals surface area contributed by atoms with Crippen molar-refractivity contribution in [3.8, 4) is 0 Å². The van der Waals surface area contributed by atoms with Crippen molar-refractivity contribution in [3.63, 3.8) is 0 Å². The molecule has 1 atom stereocenters. The third-order valence-corrected chi connectivity index (χ3v) is 5.74. The maximum Gasteiger partial charge on any atom is 0.0365 e. The normalized spacial score (nSPS) is 20.0. The molecule has 108 valence electrons. The van der Waals surface area contributed by atoms with E-state index in [0.717, 1.165) is 0 Å². The molecule has 0 aliphatic heterocycles. The second kappa shape index (κ2) is 6.87. The van der Waals surface area contributed by atoms with Crippen LogP contribution in [0.25, 0.3) is 0 Å². The summed E-state index contributed by atoms with van der Waals surface area (Å²) in [5, 5.41) is 5.83. The summed E-state index contributed by atoms with van der Waals surface area (Å²) in [6.45, 7) is 6.95. The van der Waals surface area contributed by atoms with E-state index in [9.17, 15) is 0 Å². The van der Waals surface area contributed by atoms with Gasteiger partial charge in [0.2, 0.25) is 0 Å². The van der Waals surface area contributed by atoms with Gasteiger partial charge in [0.1, 0.15) is 0 Å². The van der Waals surface area contributed by atoms with Crippen molar-refractivity contribution in [2.24, 2.45) is 0 Å². The monoisotopic (exact) mass is 280 g/mol. The quantitative estimate of drug-likeness (QED) is 0.822. The molecule has 0 spiro atoms. The first-order valence-corrected chi connectivity index (χ1v) is 8.59. The maximum absolute atomic E-state index is 3.64. The standard InChI is InChI=1S/C16H28N2S/c1-4-18(5-2)16(10-6-7-11-16)15(17-3)13-14-9-8-12-19-14/h8-9,12,15,17H,4-7,10-11,13H2,1-3H3. The van der Waals surface area contributed by atoms with Gasteiger partial charge in [-0.25, -0.2) is 0 Å². The lowest BCUT2D eigenvalue weighted by molar-refractivity contribution is 0.0661. The largest absolute Gasteiger partial charge is 0.315 e. The fourth-order valence-corrected chi connectivity index (χ4v) is 4.67. The third kappa shape index (κ3) is 3.04. The Hall–Kier alpha value is -0.380. The number of rotatable bonds is 7. The molecule has 1 unspecified atom stereocenters. The second-order valence-corrected chi connectivity index (χ2v) is 6.64. The highest BCUT2D eigenvalue weighted by molar-refractivity contribution is 7.09. The van der Waals surface area contributed by atoms with Gasteiger partial charge in [0, 0.05) is 16.5 Å². The van der Waals surface area contributed by atoms with Crippen molar-refractivity contribution in [1.82, 2.24) is 10.2 Å². The molecular weight excluding hydrogens is 252 g/mol. The van der Waals surface area contributed by atoms with Gasteiger partial charge < -0.3 is 5.32 Å². The van der Waals surface area contributed by atoms with Crippen LogP contribution < -0.4 is 5.32 Å². The Morgan fingerprint density at radius 2 is 2.00 bits per heavy atom. The van der Waals surface area contributed by atoms with Crippen LogP contribution in [0, 0.1) is 0 Å². The topological polar surface area (TPSA) is 15.3 Å². The maximum atomic E-state index is 3.64. The molecule has 1 saturated carbocycles. The molecule has 1 aromatic rings. The van der Waals surface area contributed by atoms with E-state index >= 15 is 0 Å². The van der Waals surface area contributed by atoms with E-state index in [1.165, 1.54) is 50.1 Å².